The number of ether oxygens (including phenoxy) is 1. The molecule has 8 heteroatoms. The zero-order valence-electron chi connectivity index (χ0n) is 18.9. The normalized spacial score (nSPS) is 15.6. The molecule has 1 amide bonds. The number of amides is 1. The SMILES string of the molecule is COCC[C@@H](C)[C@@H](CO)c1cc(Cl)c2c(c1Cl)C(=O)N(Cc1c(C)cc(C)[nH]c1=O)CC2. The summed E-state index contributed by atoms with van der Waals surface area (Å²) in [5.41, 5.74) is 3.76. The first kappa shape index (κ1) is 24.8. The number of fused-ring (bicyclic) bond motifs is 1. The van der Waals surface area contributed by atoms with Crippen LogP contribution in [0.3, 0.4) is 0 Å². The van der Waals surface area contributed by atoms with Crippen LogP contribution in [-0.2, 0) is 17.7 Å². The molecule has 0 saturated carbocycles. The highest BCUT2D eigenvalue weighted by Crippen LogP contribution is 2.40. The number of H-pyrrole nitrogens is 1. The minimum absolute atomic E-state index is 0.0788. The van der Waals surface area contributed by atoms with Crippen molar-refractivity contribution in [1.29, 1.82) is 0 Å². The lowest BCUT2D eigenvalue weighted by Crippen LogP contribution is -2.39. The molecular formula is C24H30Cl2N2O4. The van der Waals surface area contributed by atoms with E-state index in [0.717, 1.165) is 23.2 Å². The summed E-state index contributed by atoms with van der Waals surface area (Å²) < 4.78 is 5.17. The standard InChI is InChI=1S/C24H30Cl2N2O4/c1-13(6-8-32-4)19(12-29)17-10-20(25)16-5-7-28(24(31)21(16)22(17)26)11-18-14(2)9-15(3)27-23(18)30/h9-10,13,19,29H,5-8,11-12H2,1-4H3,(H,27,30)/t13-,19-/m1/s1. The number of rotatable bonds is 8. The number of aliphatic hydroxyl groups is 1. The van der Waals surface area contributed by atoms with Crippen molar-refractivity contribution < 1.29 is 14.6 Å². The van der Waals surface area contributed by atoms with Crippen LogP contribution in [0.2, 0.25) is 10.0 Å². The van der Waals surface area contributed by atoms with Crippen molar-refractivity contribution in [2.45, 2.75) is 46.1 Å². The Bertz CT molecular complexity index is 1070. The van der Waals surface area contributed by atoms with Crippen molar-refractivity contribution in [1.82, 2.24) is 9.88 Å². The van der Waals surface area contributed by atoms with Gasteiger partial charge in [-0.1, -0.05) is 30.1 Å². The average Bonchev–Trinajstić information content (AvgIpc) is 2.73. The fourth-order valence-corrected chi connectivity index (χ4v) is 5.13. The Morgan fingerprint density at radius 2 is 1.97 bits per heavy atom. The largest absolute Gasteiger partial charge is 0.396 e. The number of carbonyl (C=O) groups is 1. The van der Waals surface area contributed by atoms with E-state index in [1.165, 1.54) is 0 Å². The number of aromatic amines is 1. The lowest BCUT2D eigenvalue weighted by Gasteiger charge is -2.32. The van der Waals surface area contributed by atoms with Gasteiger partial charge in [-0.15, -0.1) is 0 Å². The summed E-state index contributed by atoms with van der Waals surface area (Å²) in [6.45, 7) is 6.81. The molecule has 2 heterocycles. The maximum absolute atomic E-state index is 13.5. The van der Waals surface area contributed by atoms with Gasteiger partial charge in [-0.2, -0.15) is 0 Å². The second-order valence-electron chi connectivity index (χ2n) is 8.58. The van der Waals surface area contributed by atoms with Crippen LogP contribution in [0.1, 0.15) is 57.6 Å². The van der Waals surface area contributed by atoms with Gasteiger partial charge in [-0.3, -0.25) is 9.59 Å². The molecule has 1 aromatic heterocycles. The third kappa shape index (κ3) is 4.88. The fraction of sp³-hybridized carbons (Fsp3) is 0.500. The van der Waals surface area contributed by atoms with Gasteiger partial charge >= 0.3 is 0 Å². The van der Waals surface area contributed by atoms with Gasteiger partial charge in [0, 0.05) is 42.5 Å². The third-order valence-electron chi connectivity index (χ3n) is 6.38. The number of nitrogens with zero attached hydrogens (tertiary/aromatic N) is 1. The van der Waals surface area contributed by atoms with Gasteiger partial charge in [0.1, 0.15) is 0 Å². The molecule has 1 aromatic carbocycles. The van der Waals surface area contributed by atoms with E-state index in [9.17, 15) is 14.7 Å². The second-order valence-corrected chi connectivity index (χ2v) is 9.37. The molecule has 0 unspecified atom stereocenters. The summed E-state index contributed by atoms with van der Waals surface area (Å²) >= 11 is 13.4. The van der Waals surface area contributed by atoms with E-state index in [4.69, 9.17) is 27.9 Å². The molecule has 0 radical (unpaired) electrons. The van der Waals surface area contributed by atoms with Crippen LogP contribution in [0.4, 0.5) is 0 Å². The highest BCUT2D eigenvalue weighted by molar-refractivity contribution is 6.37. The number of halogens is 2. The number of methoxy groups -OCH3 is 1. The van der Waals surface area contributed by atoms with Crippen molar-refractivity contribution in [3.8, 4) is 0 Å². The number of hydrogen-bond acceptors (Lipinski definition) is 4. The van der Waals surface area contributed by atoms with E-state index < -0.39 is 0 Å². The molecule has 2 atom stereocenters. The maximum atomic E-state index is 13.5. The fourth-order valence-electron chi connectivity index (χ4n) is 4.44. The molecule has 0 saturated heterocycles. The number of aliphatic hydroxyl groups excluding tert-OH is 1. The summed E-state index contributed by atoms with van der Waals surface area (Å²) in [7, 11) is 1.64. The quantitative estimate of drug-likeness (QED) is 0.591. The predicted octanol–water partition coefficient (Wildman–Crippen LogP) is 4.25. The van der Waals surface area contributed by atoms with Crippen LogP contribution in [0.15, 0.2) is 16.9 Å². The van der Waals surface area contributed by atoms with Gasteiger partial charge in [0.15, 0.2) is 0 Å². The van der Waals surface area contributed by atoms with E-state index in [1.54, 1.807) is 18.1 Å². The van der Waals surface area contributed by atoms with E-state index >= 15 is 0 Å². The van der Waals surface area contributed by atoms with Crippen molar-refractivity contribution in [3.63, 3.8) is 0 Å². The van der Waals surface area contributed by atoms with Crippen molar-refractivity contribution >= 4 is 29.1 Å². The van der Waals surface area contributed by atoms with E-state index in [1.807, 2.05) is 26.8 Å². The number of hydrogen-bond donors (Lipinski definition) is 2. The van der Waals surface area contributed by atoms with Crippen LogP contribution >= 0.6 is 23.2 Å². The van der Waals surface area contributed by atoms with Crippen LogP contribution < -0.4 is 5.56 Å². The number of benzene rings is 1. The molecule has 174 valence electrons. The first-order chi connectivity index (χ1) is 15.2. The summed E-state index contributed by atoms with van der Waals surface area (Å²) in [6.07, 6.45) is 1.29. The number of aryl methyl sites for hydroxylation is 2. The average molecular weight is 481 g/mol. The second kappa shape index (κ2) is 10.4. The van der Waals surface area contributed by atoms with E-state index in [2.05, 4.69) is 4.98 Å². The lowest BCUT2D eigenvalue weighted by molar-refractivity contribution is 0.0726. The summed E-state index contributed by atoms with van der Waals surface area (Å²) in [5, 5.41) is 10.9. The van der Waals surface area contributed by atoms with Crippen LogP contribution in [0.5, 0.6) is 0 Å². The minimum Gasteiger partial charge on any atom is -0.396 e. The Labute approximate surface area is 198 Å². The molecule has 1 aliphatic heterocycles. The zero-order chi connectivity index (χ0) is 23.6. The van der Waals surface area contributed by atoms with Crippen LogP contribution in [0.25, 0.3) is 0 Å². The van der Waals surface area contributed by atoms with Gasteiger partial charge in [-0.25, -0.2) is 0 Å². The third-order valence-corrected chi connectivity index (χ3v) is 7.13. The number of carbonyl (C=O) groups excluding carboxylic acids is 1. The lowest BCUT2D eigenvalue weighted by atomic mass is 9.83. The van der Waals surface area contributed by atoms with Crippen molar-refractivity contribution in [3.05, 3.63) is 66.0 Å². The molecule has 0 aliphatic carbocycles. The molecule has 0 fully saturated rings. The Hall–Kier alpha value is -1.86. The number of pyridine rings is 1. The van der Waals surface area contributed by atoms with Gasteiger partial charge in [-0.05, 0) is 61.4 Å². The summed E-state index contributed by atoms with van der Waals surface area (Å²) in [4.78, 5) is 30.4. The highest BCUT2D eigenvalue weighted by Gasteiger charge is 2.33. The van der Waals surface area contributed by atoms with Crippen LogP contribution in [0, 0.1) is 19.8 Å². The Morgan fingerprint density at radius 1 is 1.25 bits per heavy atom. The topological polar surface area (TPSA) is 82.6 Å². The Balaban J connectivity index is 1.98. The molecule has 2 aromatic rings. The number of nitrogens with one attached hydrogen (secondary N) is 1. The van der Waals surface area contributed by atoms with Gasteiger partial charge in [0.25, 0.3) is 11.5 Å². The summed E-state index contributed by atoms with van der Waals surface area (Å²) in [6, 6.07) is 3.68. The minimum atomic E-state index is -0.272. The molecule has 2 N–H and O–H groups in total. The molecular weight excluding hydrogens is 451 g/mol. The molecule has 1 aliphatic rings. The summed E-state index contributed by atoms with van der Waals surface area (Å²) in [5.74, 6) is -0.443. The predicted molar refractivity (Wildman–Crippen MR) is 127 cm³/mol. The van der Waals surface area contributed by atoms with E-state index in [-0.39, 0.29) is 36.5 Å². The molecule has 32 heavy (non-hydrogen) atoms. The zero-order valence-corrected chi connectivity index (χ0v) is 20.4. The molecule has 0 bridgehead atoms. The molecule has 6 nitrogen and oxygen atoms in total. The first-order valence-corrected chi connectivity index (χ1v) is 11.5. The molecule has 3 rings (SSSR count). The smallest absolute Gasteiger partial charge is 0.256 e. The van der Waals surface area contributed by atoms with Crippen LogP contribution in [-0.4, -0.2) is 47.8 Å². The van der Waals surface area contributed by atoms with Crippen molar-refractivity contribution in [2.75, 3.05) is 26.9 Å². The van der Waals surface area contributed by atoms with Gasteiger partial charge in [0.2, 0.25) is 0 Å². The monoisotopic (exact) mass is 480 g/mol. The van der Waals surface area contributed by atoms with E-state index in [0.29, 0.717) is 46.3 Å². The maximum Gasteiger partial charge on any atom is 0.256 e. The molecule has 0 spiro atoms. The highest BCUT2D eigenvalue weighted by atomic mass is 35.5. The first-order valence-electron chi connectivity index (χ1n) is 10.8. The Kier molecular flexibility index (Phi) is 8.04. The van der Waals surface area contributed by atoms with Crippen molar-refractivity contribution in [2.24, 2.45) is 5.92 Å². The number of aromatic nitrogens is 1. The van der Waals surface area contributed by atoms with Gasteiger partial charge in [0.05, 0.1) is 23.7 Å². The van der Waals surface area contributed by atoms with Gasteiger partial charge < -0.3 is 19.7 Å². The Morgan fingerprint density at radius 3 is 2.59 bits per heavy atom.